The normalized spacial score (nSPS) is 17.0. The zero-order chi connectivity index (χ0) is 22.0. The van der Waals surface area contributed by atoms with E-state index in [4.69, 9.17) is 4.74 Å². The molecule has 0 radical (unpaired) electrons. The first-order valence-corrected chi connectivity index (χ1v) is 10.0. The standard InChI is InChI=1S/C22H33FN2O4/c1-21(2,3)18(25(20(27)28)22(4,5)6)19(26)24-13-11-17(12-14-24)29-16-9-7-15(23)8-10-16/h7-10,17-18H,11-14H2,1-6H3,(H,27,28)/t18-/m1/s1. The van der Waals surface area contributed by atoms with E-state index >= 15 is 0 Å². The number of nitrogens with zero attached hydrogens (tertiary/aromatic N) is 2. The summed E-state index contributed by atoms with van der Waals surface area (Å²) in [4.78, 5) is 28.4. The molecule has 2 rings (SSSR count). The third-order valence-corrected chi connectivity index (χ3v) is 5.11. The summed E-state index contributed by atoms with van der Waals surface area (Å²) in [6.07, 6.45) is 0.126. The van der Waals surface area contributed by atoms with Crippen molar-refractivity contribution in [2.45, 2.75) is 72.1 Å². The van der Waals surface area contributed by atoms with Gasteiger partial charge >= 0.3 is 6.09 Å². The van der Waals surface area contributed by atoms with Crippen LogP contribution in [0.3, 0.4) is 0 Å². The number of benzene rings is 1. The van der Waals surface area contributed by atoms with E-state index in [0.717, 1.165) is 0 Å². The highest BCUT2D eigenvalue weighted by molar-refractivity contribution is 5.86. The Kier molecular flexibility index (Phi) is 6.81. The fraction of sp³-hybridized carbons (Fsp3) is 0.636. The third-order valence-electron chi connectivity index (χ3n) is 5.11. The Morgan fingerprint density at radius 3 is 2.03 bits per heavy atom. The van der Waals surface area contributed by atoms with Crippen LogP contribution < -0.4 is 4.74 Å². The highest BCUT2D eigenvalue weighted by atomic mass is 19.1. The molecule has 1 aliphatic heterocycles. The minimum absolute atomic E-state index is 0.0595. The van der Waals surface area contributed by atoms with Gasteiger partial charge in [-0.25, -0.2) is 9.18 Å². The molecule has 1 aromatic rings. The molecule has 1 atom stereocenters. The SMILES string of the molecule is CC(C)(C)[C@@H](C(=O)N1CCC(Oc2ccc(F)cc2)CC1)N(C(=O)O)C(C)(C)C. The molecule has 7 heteroatoms. The molecule has 1 aliphatic rings. The van der Waals surface area contributed by atoms with Crippen molar-refractivity contribution >= 4 is 12.0 Å². The van der Waals surface area contributed by atoms with Crippen LogP contribution in [0.25, 0.3) is 0 Å². The van der Waals surface area contributed by atoms with Crippen molar-refractivity contribution < 1.29 is 23.8 Å². The predicted octanol–water partition coefficient (Wildman–Crippen LogP) is 4.39. The number of hydrogen-bond acceptors (Lipinski definition) is 3. The Bertz CT molecular complexity index is 714. The Hall–Kier alpha value is -2.31. The van der Waals surface area contributed by atoms with Crippen molar-refractivity contribution in [2.75, 3.05) is 13.1 Å². The summed E-state index contributed by atoms with van der Waals surface area (Å²) in [5.41, 5.74) is -1.26. The number of likely N-dealkylation sites (tertiary alicyclic amines) is 1. The fourth-order valence-electron chi connectivity index (χ4n) is 3.73. The van der Waals surface area contributed by atoms with Gasteiger partial charge in [0.25, 0.3) is 0 Å². The van der Waals surface area contributed by atoms with E-state index < -0.39 is 23.1 Å². The number of ether oxygens (including phenoxy) is 1. The van der Waals surface area contributed by atoms with E-state index in [1.54, 1.807) is 37.8 Å². The van der Waals surface area contributed by atoms with Crippen LogP contribution in [0.2, 0.25) is 0 Å². The van der Waals surface area contributed by atoms with E-state index in [0.29, 0.717) is 31.7 Å². The largest absolute Gasteiger partial charge is 0.490 e. The van der Waals surface area contributed by atoms with Gasteiger partial charge in [0.1, 0.15) is 23.7 Å². The number of carbonyl (C=O) groups excluding carboxylic acids is 1. The fourth-order valence-corrected chi connectivity index (χ4v) is 3.73. The highest BCUT2D eigenvalue weighted by Crippen LogP contribution is 2.32. The van der Waals surface area contributed by atoms with Gasteiger partial charge in [-0.15, -0.1) is 0 Å². The van der Waals surface area contributed by atoms with Gasteiger partial charge in [-0.2, -0.15) is 0 Å². The zero-order valence-electron chi connectivity index (χ0n) is 18.2. The second-order valence-corrected chi connectivity index (χ2v) is 9.69. The van der Waals surface area contributed by atoms with Crippen molar-refractivity contribution in [3.05, 3.63) is 30.1 Å². The molecule has 1 saturated heterocycles. The minimum atomic E-state index is -1.10. The smallest absolute Gasteiger partial charge is 0.408 e. The topological polar surface area (TPSA) is 70.1 Å². The summed E-state index contributed by atoms with van der Waals surface area (Å²) in [5.74, 6) is 0.122. The first-order valence-electron chi connectivity index (χ1n) is 10.0. The summed E-state index contributed by atoms with van der Waals surface area (Å²) in [7, 11) is 0. The van der Waals surface area contributed by atoms with Gasteiger partial charge in [-0.05, 0) is 50.5 Å². The molecule has 0 aromatic heterocycles. The Balaban J connectivity index is 2.09. The lowest BCUT2D eigenvalue weighted by Crippen LogP contribution is -2.62. The minimum Gasteiger partial charge on any atom is -0.490 e. The zero-order valence-corrected chi connectivity index (χ0v) is 18.2. The first kappa shape index (κ1) is 23.0. The summed E-state index contributed by atoms with van der Waals surface area (Å²) in [5, 5.41) is 9.82. The molecule has 0 aliphatic carbocycles. The van der Waals surface area contributed by atoms with Crippen molar-refractivity contribution in [1.29, 1.82) is 0 Å². The van der Waals surface area contributed by atoms with Gasteiger partial charge in [-0.3, -0.25) is 9.69 Å². The van der Waals surface area contributed by atoms with Gasteiger partial charge in [-0.1, -0.05) is 20.8 Å². The third kappa shape index (κ3) is 5.84. The molecule has 1 N–H and O–H groups in total. The van der Waals surface area contributed by atoms with Crippen molar-refractivity contribution in [2.24, 2.45) is 5.41 Å². The molecule has 1 heterocycles. The van der Waals surface area contributed by atoms with Gasteiger partial charge < -0.3 is 14.7 Å². The van der Waals surface area contributed by atoms with Crippen LogP contribution in [-0.4, -0.2) is 57.7 Å². The molecule has 6 nitrogen and oxygen atoms in total. The maximum Gasteiger partial charge on any atom is 0.408 e. The monoisotopic (exact) mass is 408 g/mol. The molecule has 162 valence electrons. The predicted molar refractivity (Wildman–Crippen MR) is 109 cm³/mol. The van der Waals surface area contributed by atoms with E-state index in [1.165, 1.54) is 17.0 Å². The lowest BCUT2D eigenvalue weighted by molar-refractivity contribution is -0.144. The maximum absolute atomic E-state index is 13.4. The van der Waals surface area contributed by atoms with Crippen molar-refractivity contribution in [1.82, 2.24) is 9.80 Å². The van der Waals surface area contributed by atoms with Crippen LogP contribution in [0, 0.1) is 11.2 Å². The molecular formula is C22H33FN2O4. The molecule has 0 spiro atoms. The van der Waals surface area contributed by atoms with Gasteiger partial charge in [0, 0.05) is 31.5 Å². The second kappa shape index (κ2) is 8.59. The van der Waals surface area contributed by atoms with E-state index in [-0.39, 0.29) is 17.8 Å². The molecule has 0 bridgehead atoms. The Labute approximate surface area is 172 Å². The lowest BCUT2D eigenvalue weighted by atomic mass is 9.82. The molecule has 1 fully saturated rings. The van der Waals surface area contributed by atoms with Crippen LogP contribution >= 0.6 is 0 Å². The number of halogens is 1. The molecule has 0 unspecified atom stereocenters. The molecule has 1 aromatic carbocycles. The second-order valence-electron chi connectivity index (χ2n) is 9.69. The van der Waals surface area contributed by atoms with E-state index in [2.05, 4.69) is 0 Å². The van der Waals surface area contributed by atoms with Gasteiger partial charge in [0.05, 0.1) is 0 Å². The van der Waals surface area contributed by atoms with E-state index in [1.807, 2.05) is 20.8 Å². The Morgan fingerprint density at radius 2 is 1.62 bits per heavy atom. The molecule has 2 amide bonds. The van der Waals surface area contributed by atoms with Crippen LogP contribution in [-0.2, 0) is 4.79 Å². The van der Waals surface area contributed by atoms with Crippen molar-refractivity contribution in [3.63, 3.8) is 0 Å². The number of piperidine rings is 1. The molecular weight excluding hydrogens is 375 g/mol. The molecule has 29 heavy (non-hydrogen) atoms. The summed E-state index contributed by atoms with van der Waals surface area (Å²) in [6, 6.07) is 5.12. The first-order chi connectivity index (χ1) is 13.3. The number of rotatable bonds is 4. The average Bonchev–Trinajstić information content (AvgIpc) is 2.59. The summed E-state index contributed by atoms with van der Waals surface area (Å²) < 4.78 is 18.9. The highest BCUT2D eigenvalue weighted by Gasteiger charge is 2.46. The van der Waals surface area contributed by atoms with Crippen molar-refractivity contribution in [3.8, 4) is 5.75 Å². The van der Waals surface area contributed by atoms with Crippen LogP contribution in [0.1, 0.15) is 54.4 Å². The quantitative estimate of drug-likeness (QED) is 0.802. The number of hydrogen-bond donors (Lipinski definition) is 1. The van der Waals surface area contributed by atoms with Crippen LogP contribution in [0.15, 0.2) is 24.3 Å². The van der Waals surface area contributed by atoms with Crippen LogP contribution in [0.5, 0.6) is 5.75 Å². The number of carbonyl (C=O) groups is 2. The Morgan fingerprint density at radius 1 is 1.10 bits per heavy atom. The molecule has 0 saturated carbocycles. The van der Waals surface area contributed by atoms with Gasteiger partial charge in [0.2, 0.25) is 5.91 Å². The van der Waals surface area contributed by atoms with Gasteiger partial charge in [0.15, 0.2) is 0 Å². The lowest BCUT2D eigenvalue weighted by Gasteiger charge is -2.46. The van der Waals surface area contributed by atoms with E-state index in [9.17, 15) is 19.1 Å². The van der Waals surface area contributed by atoms with Crippen LogP contribution in [0.4, 0.5) is 9.18 Å². The average molecular weight is 409 g/mol. The summed E-state index contributed by atoms with van der Waals surface area (Å²) in [6.45, 7) is 12.1. The maximum atomic E-state index is 13.4. The summed E-state index contributed by atoms with van der Waals surface area (Å²) >= 11 is 0. The number of amides is 2. The number of carboxylic acid groups (broad SMARTS) is 1.